The number of amides is 1. The molecule has 1 fully saturated rings. The predicted octanol–water partition coefficient (Wildman–Crippen LogP) is 2.18. The summed E-state index contributed by atoms with van der Waals surface area (Å²) in [6, 6.07) is 1.26. The van der Waals surface area contributed by atoms with Crippen LogP contribution in [0.5, 0.6) is 0 Å². The molecule has 0 unspecified atom stereocenters. The van der Waals surface area contributed by atoms with Crippen molar-refractivity contribution in [1.29, 1.82) is 0 Å². The summed E-state index contributed by atoms with van der Waals surface area (Å²) in [5.74, 6) is 0.0795. The molecule has 2 rings (SSSR count). The van der Waals surface area contributed by atoms with Gasteiger partial charge in [0, 0.05) is 39.3 Å². The first-order chi connectivity index (χ1) is 8.99. The molecule has 0 radical (unpaired) electrons. The van der Waals surface area contributed by atoms with Crippen molar-refractivity contribution >= 4 is 23.3 Å². The van der Waals surface area contributed by atoms with Crippen LogP contribution in [0.15, 0.2) is 12.3 Å². The number of hydrogen-bond acceptors (Lipinski definition) is 3. The summed E-state index contributed by atoms with van der Waals surface area (Å²) >= 11 is 5.68. The Kier molecular flexibility index (Phi) is 4.24. The van der Waals surface area contributed by atoms with Gasteiger partial charge in [0.2, 0.25) is 5.91 Å². The van der Waals surface area contributed by atoms with Crippen molar-refractivity contribution in [2.45, 2.75) is 12.8 Å². The first-order valence-electron chi connectivity index (χ1n) is 6.26. The molecule has 0 aliphatic carbocycles. The van der Waals surface area contributed by atoms with E-state index in [1.165, 1.54) is 12.3 Å². The van der Waals surface area contributed by atoms with Crippen LogP contribution in [0.3, 0.4) is 0 Å². The number of rotatable bonds is 2. The van der Waals surface area contributed by atoms with E-state index < -0.39 is 5.82 Å². The van der Waals surface area contributed by atoms with Gasteiger partial charge < -0.3 is 9.80 Å². The highest BCUT2D eigenvalue weighted by molar-refractivity contribution is 6.30. The molecule has 104 valence electrons. The molecule has 0 saturated carbocycles. The van der Waals surface area contributed by atoms with Crippen LogP contribution in [0.4, 0.5) is 10.2 Å². The number of pyridine rings is 1. The van der Waals surface area contributed by atoms with Crippen molar-refractivity contribution in [2.75, 3.05) is 32.1 Å². The van der Waals surface area contributed by atoms with Crippen molar-refractivity contribution in [3.8, 4) is 0 Å². The molecule has 1 aromatic rings. The molecule has 1 saturated heterocycles. The van der Waals surface area contributed by atoms with Gasteiger partial charge in [0.15, 0.2) is 11.6 Å². The summed E-state index contributed by atoms with van der Waals surface area (Å²) in [6.07, 6.45) is 2.89. The van der Waals surface area contributed by atoms with Crippen molar-refractivity contribution in [3.05, 3.63) is 23.1 Å². The van der Waals surface area contributed by atoms with Crippen molar-refractivity contribution in [1.82, 2.24) is 9.88 Å². The number of nitrogens with zero attached hydrogens (tertiary/aromatic N) is 3. The van der Waals surface area contributed by atoms with E-state index in [-0.39, 0.29) is 11.8 Å². The first kappa shape index (κ1) is 14.1. The zero-order valence-electron chi connectivity index (χ0n) is 11.1. The van der Waals surface area contributed by atoms with Crippen LogP contribution in [0.2, 0.25) is 5.02 Å². The molecule has 0 spiro atoms. The lowest BCUT2D eigenvalue weighted by molar-refractivity contribution is -0.133. The highest BCUT2D eigenvalue weighted by Gasteiger charge is 2.27. The van der Waals surface area contributed by atoms with Gasteiger partial charge in [-0.3, -0.25) is 4.79 Å². The third-order valence-corrected chi connectivity index (χ3v) is 3.58. The van der Waals surface area contributed by atoms with Gasteiger partial charge in [-0.05, 0) is 18.9 Å². The average molecular weight is 286 g/mol. The maximum absolute atomic E-state index is 13.8. The third kappa shape index (κ3) is 3.15. The molecule has 1 aliphatic heterocycles. The molecule has 19 heavy (non-hydrogen) atoms. The SMILES string of the molecule is CN(C)C(=O)C1CCN(c2ncc(Cl)cc2F)CC1. The summed E-state index contributed by atoms with van der Waals surface area (Å²) in [5.41, 5.74) is 0. The van der Waals surface area contributed by atoms with E-state index in [4.69, 9.17) is 11.6 Å². The van der Waals surface area contributed by atoms with Gasteiger partial charge in [-0.25, -0.2) is 9.37 Å². The maximum atomic E-state index is 13.8. The van der Waals surface area contributed by atoms with Crippen LogP contribution in [0, 0.1) is 11.7 Å². The van der Waals surface area contributed by atoms with Crippen molar-refractivity contribution in [2.24, 2.45) is 5.92 Å². The van der Waals surface area contributed by atoms with Gasteiger partial charge in [-0.1, -0.05) is 11.6 Å². The second-order valence-corrected chi connectivity index (χ2v) is 5.39. The van der Waals surface area contributed by atoms with Crippen LogP contribution < -0.4 is 4.90 Å². The summed E-state index contributed by atoms with van der Waals surface area (Å²) < 4.78 is 13.8. The van der Waals surface area contributed by atoms with Crippen molar-refractivity contribution < 1.29 is 9.18 Å². The minimum absolute atomic E-state index is 0.0293. The van der Waals surface area contributed by atoms with Gasteiger partial charge in [-0.2, -0.15) is 0 Å². The fraction of sp³-hybridized carbons (Fsp3) is 0.538. The monoisotopic (exact) mass is 285 g/mol. The number of piperidine rings is 1. The lowest BCUT2D eigenvalue weighted by Crippen LogP contribution is -2.40. The minimum Gasteiger partial charge on any atom is -0.354 e. The van der Waals surface area contributed by atoms with E-state index in [1.54, 1.807) is 19.0 Å². The zero-order chi connectivity index (χ0) is 14.0. The highest BCUT2D eigenvalue weighted by atomic mass is 35.5. The summed E-state index contributed by atoms with van der Waals surface area (Å²) in [6.45, 7) is 1.27. The van der Waals surface area contributed by atoms with Crippen LogP contribution in [0.25, 0.3) is 0 Å². The fourth-order valence-corrected chi connectivity index (χ4v) is 2.49. The standard InChI is InChI=1S/C13H17ClFN3O/c1-17(2)13(19)9-3-5-18(6-4-9)12-11(15)7-10(14)8-16-12/h7-9H,3-6H2,1-2H3. The molecule has 0 bridgehead atoms. The number of carbonyl (C=O) groups excluding carboxylic acids is 1. The second kappa shape index (κ2) is 5.74. The Morgan fingerprint density at radius 1 is 1.47 bits per heavy atom. The maximum Gasteiger partial charge on any atom is 0.225 e. The van der Waals surface area contributed by atoms with E-state index in [0.29, 0.717) is 23.9 Å². The van der Waals surface area contributed by atoms with Crippen LogP contribution >= 0.6 is 11.6 Å². The zero-order valence-corrected chi connectivity index (χ0v) is 11.8. The van der Waals surface area contributed by atoms with E-state index in [9.17, 15) is 9.18 Å². The molecular weight excluding hydrogens is 269 g/mol. The number of anilines is 1. The molecule has 1 aromatic heterocycles. The normalized spacial score (nSPS) is 16.5. The minimum atomic E-state index is -0.412. The quantitative estimate of drug-likeness (QED) is 0.836. The number of halogens is 2. The first-order valence-corrected chi connectivity index (χ1v) is 6.64. The summed E-state index contributed by atoms with van der Waals surface area (Å²) in [7, 11) is 3.52. The van der Waals surface area contributed by atoms with Crippen LogP contribution in [0.1, 0.15) is 12.8 Å². The second-order valence-electron chi connectivity index (χ2n) is 4.95. The Bertz CT molecular complexity index is 473. The molecule has 0 aromatic carbocycles. The van der Waals surface area contributed by atoms with Gasteiger partial charge in [-0.15, -0.1) is 0 Å². The Hall–Kier alpha value is -1.36. The Morgan fingerprint density at radius 3 is 2.63 bits per heavy atom. The van der Waals surface area contributed by atoms with E-state index in [0.717, 1.165) is 12.8 Å². The highest BCUT2D eigenvalue weighted by Crippen LogP contribution is 2.25. The molecule has 6 heteroatoms. The van der Waals surface area contributed by atoms with Gasteiger partial charge in [0.05, 0.1) is 5.02 Å². The molecule has 2 heterocycles. The van der Waals surface area contributed by atoms with Crippen molar-refractivity contribution in [3.63, 3.8) is 0 Å². The summed E-state index contributed by atoms with van der Waals surface area (Å²) in [4.78, 5) is 19.4. The molecular formula is C13H17ClFN3O. The number of hydrogen-bond donors (Lipinski definition) is 0. The van der Waals surface area contributed by atoms with E-state index in [1.807, 2.05) is 4.90 Å². The van der Waals surface area contributed by atoms with E-state index in [2.05, 4.69) is 4.98 Å². The summed E-state index contributed by atoms with van der Waals surface area (Å²) in [5, 5.41) is 0.291. The van der Waals surface area contributed by atoms with Crippen LogP contribution in [-0.4, -0.2) is 43.0 Å². The smallest absolute Gasteiger partial charge is 0.225 e. The Balaban J connectivity index is 2.02. The number of carbonyl (C=O) groups is 1. The number of aromatic nitrogens is 1. The largest absolute Gasteiger partial charge is 0.354 e. The lowest BCUT2D eigenvalue weighted by atomic mass is 9.95. The molecule has 1 aliphatic rings. The van der Waals surface area contributed by atoms with E-state index >= 15 is 0 Å². The molecule has 4 nitrogen and oxygen atoms in total. The Labute approximate surface area is 117 Å². The lowest BCUT2D eigenvalue weighted by Gasteiger charge is -2.33. The molecule has 0 atom stereocenters. The van der Waals surface area contributed by atoms with Crippen LogP contribution in [-0.2, 0) is 4.79 Å². The van der Waals surface area contributed by atoms with Gasteiger partial charge >= 0.3 is 0 Å². The van der Waals surface area contributed by atoms with Gasteiger partial charge in [0.25, 0.3) is 0 Å². The predicted molar refractivity (Wildman–Crippen MR) is 72.8 cm³/mol. The topological polar surface area (TPSA) is 36.4 Å². The fourth-order valence-electron chi connectivity index (χ4n) is 2.34. The van der Waals surface area contributed by atoms with Gasteiger partial charge in [0.1, 0.15) is 0 Å². The molecule has 0 N–H and O–H groups in total. The molecule has 1 amide bonds. The average Bonchev–Trinajstić information content (AvgIpc) is 2.38. The third-order valence-electron chi connectivity index (χ3n) is 3.37. The Morgan fingerprint density at radius 2 is 2.11 bits per heavy atom.